The summed E-state index contributed by atoms with van der Waals surface area (Å²) in [4.78, 5) is 13.0. The lowest BCUT2D eigenvalue weighted by molar-refractivity contribution is 0.102. The molecule has 6 nitrogen and oxygen atoms in total. The lowest BCUT2D eigenvalue weighted by Crippen LogP contribution is -2.52. The highest BCUT2D eigenvalue weighted by Gasteiger charge is 2.40. The van der Waals surface area contributed by atoms with Gasteiger partial charge in [-0.15, -0.1) is 4.31 Å². The molecule has 0 aliphatic carbocycles. The van der Waals surface area contributed by atoms with Crippen LogP contribution in [0.4, 0.5) is 24.5 Å². The molecule has 1 fully saturated rings. The molecule has 1 saturated heterocycles. The van der Waals surface area contributed by atoms with Crippen LogP contribution in [0.5, 0.6) is 0 Å². The van der Waals surface area contributed by atoms with Gasteiger partial charge in [0.15, 0.2) is 22.3 Å². The SMILES string of the molecule is CN1C(C2CCNCC2)Nc2ccc(C(=O)Nc3cc(F)c(F)c(F)c3)cc2[S+]1[O-]. The number of benzene rings is 2. The number of amides is 1. The van der Waals surface area contributed by atoms with Crippen LogP contribution in [0.25, 0.3) is 0 Å². The second-order valence-corrected chi connectivity index (χ2v) is 8.90. The molecule has 2 atom stereocenters. The smallest absolute Gasteiger partial charge is 0.255 e. The second-order valence-electron chi connectivity index (χ2n) is 7.39. The van der Waals surface area contributed by atoms with Crippen LogP contribution in [0.3, 0.4) is 0 Å². The highest BCUT2D eigenvalue weighted by atomic mass is 32.2. The molecule has 4 rings (SSSR count). The van der Waals surface area contributed by atoms with Crippen molar-refractivity contribution in [3.8, 4) is 0 Å². The van der Waals surface area contributed by atoms with E-state index in [2.05, 4.69) is 16.0 Å². The van der Waals surface area contributed by atoms with E-state index in [1.807, 2.05) is 0 Å². The van der Waals surface area contributed by atoms with Crippen molar-refractivity contribution in [3.05, 3.63) is 53.3 Å². The van der Waals surface area contributed by atoms with E-state index in [0.29, 0.717) is 28.6 Å². The van der Waals surface area contributed by atoms with Crippen molar-refractivity contribution in [1.82, 2.24) is 9.62 Å². The molecule has 3 N–H and O–H groups in total. The number of carbonyl (C=O) groups is 1. The second kappa shape index (κ2) is 8.46. The molecule has 30 heavy (non-hydrogen) atoms. The summed E-state index contributed by atoms with van der Waals surface area (Å²) in [6.07, 6.45) is 1.87. The lowest BCUT2D eigenvalue weighted by atomic mass is 9.94. The number of fused-ring (bicyclic) bond motifs is 1. The fourth-order valence-corrected chi connectivity index (χ4v) is 5.13. The zero-order valence-electron chi connectivity index (χ0n) is 16.2. The normalized spacial score (nSPS) is 22.3. The van der Waals surface area contributed by atoms with Crippen LogP contribution in [0.1, 0.15) is 23.2 Å². The summed E-state index contributed by atoms with van der Waals surface area (Å²) in [5.74, 6) is -4.70. The molecule has 2 heterocycles. The Morgan fingerprint density at radius 3 is 2.50 bits per heavy atom. The Labute approximate surface area is 175 Å². The average Bonchev–Trinajstić information content (AvgIpc) is 2.74. The summed E-state index contributed by atoms with van der Waals surface area (Å²) in [7, 11) is 1.77. The molecule has 2 aromatic carbocycles. The van der Waals surface area contributed by atoms with Gasteiger partial charge in [0, 0.05) is 36.5 Å². The first-order valence-corrected chi connectivity index (χ1v) is 10.7. The number of halogens is 3. The van der Waals surface area contributed by atoms with E-state index in [1.165, 1.54) is 6.07 Å². The van der Waals surface area contributed by atoms with Crippen LogP contribution in [0.2, 0.25) is 0 Å². The minimum Gasteiger partial charge on any atom is -0.593 e. The highest BCUT2D eigenvalue weighted by molar-refractivity contribution is 7.89. The van der Waals surface area contributed by atoms with Crippen molar-refractivity contribution in [2.45, 2.75) is 23.9 Å². The van der Waals surface area contributed by atoms with E-state index < -0.39 is 34.7 Å². The maximum absolute atomic E-state index is 13.4. The molecule has 0 radical (unpaired) electrons. The molecule has 10 heteroatoms. The van der Waals surface area contributed by atoms with Gasteiger partial charge in [0.25, 0.3) is 5.91 Å². The van der Waals surface area contributed by atoms with Gasteiger partial charge in [-0.3, -0.25) is 4.79 Å². The summed E-state index contributed by atoms with van der Waals surface area (Å²) < 4.78 is 54.6. The standard InChI is InChI=1S/C20H21F3N4O2S/c1-27-19(11-4-6-24-7-5-11)26-16-3-2-12(8-17(16)30(27)29)20(28)25-13-9-14(21)18(23)15(22)10-13/h2-3,8-11,19,24,26H,4-7H2,1H3,(H,25,28). The third-order valence-electron chi connectivity index (χ3n) is 5.46. The zero-order chi connectivity index (χ0) is 21.4. The Kier molecular flexibility index (Phi) is 5.92. The predicted octanol–water partition coefficient (Wildman–Crippen LogP) is 3.06. The van der Waals surface area contributed by atoms with Gasteiger partial charge < -0.3 is 20.5 Å². The largest absolute Gasteiger partial charge is 0.593 e. The van der Waals surface area contributed by atoms with Crippen molar-refractivity contribution >= 4 is 28.6 Å². The van der Waals surface area contributed by atoms with E-state index in [4.69, 9.17) is 0 Å². The van der Waals surface area contributed by atoms with Crippen LogP contribution >= 0.6 is 0 Å². The molecule has 0 saturated carbocycles. The molecule has 0 aromatic heterocycles. The number of anilines is 2. The van der Waals surface area contributed by atoms with Crippen molar-refractivity contribution < 1.29 is 22.5 Å². The summed E-state index contributed by atoms with van der Waals surface area (Å²) in [5, 5.41) is 9.07. The van der Waals surface area contributed by atoms with Gasteiger partial charge in [0.1, 0.15) is 6.17 Å². The first-order valence-electron chi connectivity index (χ1n) is 9.57. The summed E-state index contributed by atoms with van der Waals surface area (Å²) in [5.41, 5.74) is 0.643. The molecular weight excluding hydrogens is 417 g/mol. The fraction of sp³-hybridized carbons (Fsp3) is 0.350. The van der Waals surface area contributed by atoms with Gasteiger partial charge in [-0.2, -0.15) is 0 Å². The van der Waals surface area contributed by atoms with Crippen molar-refractivity contribution in [1.29, 1.82) is 0 Å². The monoisotopic (exact) mass is 438 g/mol. The molecule has 0 spiro atoms. The van der Waals surface area contributed by atoms with E-state index in [0.717, 1.165) is 25.9 Å². The number of hydrogen-bond donors (Lipinski definition) is 3. The molecule has 2 aliphatic rings. The third-order valence-corrected chi connectivity index (χ3v) is 6.92. The van der Waals surface area contributed by atoms with Gasteiger partial charge >= 0.3 is 0 Å². The molecule has 2 unspecified atom stereocenters. The summed E-state index contributed by atoms with van der Waals surface area (Å²) in [6.45, 7) is 1.83. The minimum atomic E-state index is -1.60. The van der Waals surface area contributed by atoms with Crippen LogP contribution in [-0.4, -0.2) is 41.1 Å². The molecule has 1 amide bonds. The van der Waals surface area contributed by atoms with Gasteiger partial charge in [0.2, 0.25) is 0 Å². The number of hydrogen-bond acceptors (Lipinski definition) is 5. The number of piperidine rings is 1. The molecule has 2 aliphatic heterocycles. The number of nitrogens with one attached hydrogen (secondary N) is 3. The van der Waals surface area contributed by atoms with Crippen LogP contribution in [-0.2, 0) is 11.4 Å². The zero-order valence-corrected chi connectivity index (χ0v) is 17.0. The number of nitrogens with zero attached hydrogens (tertiary/aromatic N) is 1. The van der Waals surface area contributed by atoms with Crippen molar-refractivity contribution in [2.24, 2.45) is 5.92 Å². The third kappa shape index (κ3) is 4.00. The lowest BCUT2D eigenvalue weighted by Gasteiger charge is -2.40. The minimum absolute atomic E-state index is 0.0784. The van der Waals surface area contributed by atoms with E-state index in [1.54, 1.807) is 23.5 Å². The van der Waals surface area contributed by atoms with E-state index in [-0.39, 0.29) is 17.4 Å². The Hall–Kier alpha value is -2.27. The van der Waals surface area contributed by atoms with Crippen LogP contribution < -0.4 is 16.0 Å². The van der Waals surface area contributed by atoms with E-state index in [9.17, 15) is 22.5 Å². The maximum atomic E-state index is 13.4. The first-order chi connectivity index (χ1) is 14.3. The number of carbonyl (C=O) groups excluding carboxylic acids is 1. The van der Waals surface area contributed by atoms with Crippen LogP contribution in [0.15, 0.2) is 35.2 Å². The topological polar surface area (TPSA) is 79.5 Å². The van der Waals surface area contributed by atoms with Crippen LogP contribution in [0, 0.1) is 23.4 Å². The molecule has 2 aromatic rings. The van der Waals surface area contributed by atoms with E-state index >= 15 is 0 Å². The molecular formula is C20H21F3N4O2S. The van der Waals surface area contributed by atoms with Gasteiger partial charge in [-0.25, -0.2) is 13.2 Å². The summed E-state index contributed by atoms with van der Waals surface area (Å²) in [6, 6.07) is 6.10. The van der Waals surface area contributed by atoms with Gasteiger partial charge in [0.05, 0.1) is 17.0 Å². The fourth-order valence-electron chi connectivity index (χ4n) is 3.84. The van der Waals surface area contributed by atoms with Crippen molar-refractivity contribution in [2.75, 3.05) is 30.8 Å². The Morgan fingerprint density at radius 1 is 1.17 bits per heavy atom. The first kappa shape index (κ1) is 21.0. The number of rotatable bonds is 3. The molecule has 0 bridgehead atoms. The Bertz CT molecular complexity index is 948. The Morgan fingerprint density at radius 2 is 1.83 bits per heavy atom. The average molecular weight is 438 g/mol. The summed E-state index contributed by atoms with van der Waals surface area (Å²) >= 11 is -1.47. The predicted molar refractivity (Wildman–Crippen MR) is 108 cm³/mol. The van der Waals surface area contributed by atoms with Gasteiger partial charge in [-0.1, -0.05) is 0 Å². The quantitative estimate of drug-likeness (QED) is 0.507. The maximum Gasteiger partial charge on any atom is 0.255 e. The highest BCUT2D eigenvalue weighted by Crippen LogP contribution is 2.36. The molecule has 160 valence electrons. The van der Waals surface area contributed by atoms with Crippen molar-refractivity contribution in [3.63, 3.8) is 0 Å². The Balaban J connectivity index is 1.54. The van der Waals surface area contributed by atoms with Gasteiger partial charge in [-0.05, 0) is 44.0 Å².